The fourth-order valence-electron chi connectivity index (χ4n) is 2.01. The van der Waals surface area contributed by atoms with Crippen molar-refractivity contribution in [1.82, 2.24) is 4.90 Å². The Balaban J connectivity index is 2.70. The van der Waals surface area contributed by atoms with Gasteiger partial charge in [0, 0.05) is 23.7 Å². The Bertz CT molecular complexity index is 492. The van der Waals surface area contributed by atoms with Crippen molar-refractivity contribution in [3.63, 3.8) is 0 Å². The summed E-state index contributed by atoms with van der Waals surface area (Å²) >= 11 is 0. The summed E-state index contributed by atoms with van der Waals surface area (Å²) in [6, 6.07) is 6.98. The molecule has 0 aliphatic carbocycles. The van der Waals surface area contributed by atoms with E-state index in [0.29, 0.717) is 16.7 Å². The molecule has 0 radical (unpaired) electrons. The van der Waals surface area contributed by atoms with Crippen LogP contribution in [0.2, 0.25) is 0 Å². The highest BCUT2D eigenvalue weighted by atomic mass is 16.3. The third-order valence-corrected chi connectivity index (χ3v) is 3.02. The zero-order valence-electron chi connectivity index (χ0n) is 9.10. The van der Waals surface area contributed by atoms with Gasteiger partial charge in [0.1, 0.15) is 0 Å². The number of aliphatic hydroxyl groups is 1. The molecule has 82 valence electrons. The maximum atomic E-state index is 11.9. The lowest BCUT2D eigenvalue weighted by Crippen LogP contribution is -2.41. The Morgan fingerprint density at radius 3 is 2.75 bits per heavy atom. The first-order valence-corrected chi connectivity index (χ1v) is 4.95. The third-order valence-electron chi connectivity index (χ3n) is 3.02. The number of rotatable bonds is 2. The van der Waals surface area contributed by atoms with Crippen molar-refractivity contribution in [2.75, 3.05) is 7.05 Å². The summed E-state index contributed by atoms with van der Waals surface area (Å²) in [4.78, 5) is 13.2. The van der Waals surface area contributed by atoms with Crippen molar-refractivity contribution < 1.29 is 9.90 Å². The number of nitrogens with zero attached hydrogens (tertiary/aromatic N) is 1. The van der Waals surface area contributed by atoms with Gasteiger partial charge in [0.05, 0.1) is 0 Å². The Morgan fingerprint density at radius 2 is 2.12 bits per heavy atom. The average Bonchev–Trinajstić information content (AvgIpc) is 2.52. The third kappa shape index (κ3) is 1.09. The molecule has 3 heteroatoms. The van der Waals surface area contributed by atoms with Crippen LogP contribution in [0.15, 0.2) is 49.1 Å². The van der Waals surface area contributed by atoms with E-state index in [-0.39, 0.29) is 5.91 Å². The van der Waals surface area contributed by atoms with Crippen molar-refractivity contribution >= 4 is 5.91 Å². The summed E-state index contributed by atoms with van der Waals surface area (Å²) in [5.41, 5.74) is 0.00583. The van der Waals surface area contributed by atoms with Crippen molar-refractivity contribution in [2.24, 2.45) is 0 Å². The zero-order chi connectivity index (χ0) is 11.9. The van der Waals surface area contributed by atoms with Gasteiger partial charge in [-0.05, 0) is 6.07 Å². The quantitative estimate of drug-likeness (QED) is 0.762. The molecule has 16 heavy (non-hydrogen) atoms. The Morgan fingerprint density at radius 1 is 1.50 bits per heavy atom. The monoisotopic (exact) mass is 215 g/mol. The highest BCUT2D eigenvalue weighted by Crippen LogP contribution is 2.40. The summed E-state index contributed by atoms with van der Waals surface area (Å²) in [5.74, 6) is -0.207. The summed E-state index contributed by atoms with van der Waals surface area (Å²) in [5, 5.41) is 10.6. The molecule has 1 aromatic rings. The average molecular weight is 215 g/mol. The maximum Gasteiger partial charge on any atom is 0.256 e. The fourth-order valence-corrected chi connectivity index (χ4v) is 2.01. The topological polar surface area (TPSA) is 40.5 Å². The minimum atomic E-state index is -1.46. The van der Waals surface area contributed by atoms with Crippen LogP contribution in [0.3, 0.4) is 0 Å². The number of fused-ring (bicyclic) bond motifs is 1. The second-order valence-electron chi connectivity index (χ2n) is 3.81. The highest BCUT2D eigenvalue weighted by molar-refractivity contribution is 6.00. The zero-order valence-corrected chi connectivity index (χ0v) is 9.10. The fraction of sp³-hybridized carbons (Fsp3) is 0.154. The van der Waals surface area contributed by atoms with Crippen LogP contribution in [0.25, 0.3) is 0 Å². The van der Waals surface area contributed by atoms with E-state index in [1.807, 2.05) is 0 Å². The first-order valence-electron chi connectivity index (χ1n) is 4.95. The number of hydrogen-bond acceptors (Lipinski definition) is 2. The van der Waals surface area contributed by atoms with Gasteiger partial charge in [-0.2, -0.15) is 0 Å². The Labute approximate surface area is 94.3 Å². The molecule has 1 aromatic carbocycles. The molecule has 1 amide bonds. The largest absolute Gasteiger partial charge is 0.363 e. The predicted molar refractivity (Wildman–Crippen MR) is 61.8 cm³/mol. The van der Waals surface area contributed by atoms with E-state index in [0.717, 1.165) is 0 Å². The molecule has 1 N–H and O–H groups in total. The molecule has 0 saturated heterocycles. The molecule has 1 aliphatic heterocycles. The molecule has 2 rings (SSSR count). The molecular formula is C13H13NO2. The molecule has 0 spiro atoms. The molecule has 1 heterocycles. The normalized spacial score (nSPS) is 23.1. The first kappa shape index (κ1) is 10.6. The van der Waals surface area contributed by atoms with Gasteiger partial charge in [-0.3, -0.25) is 4.79 Å². The van der Waals surface area contributed by atoms with Crippen LogP contribution in [-0.4, -0.2) is 23.0 Å². The van der Waals surface area contributed by atoms with Crippen LogP contribution >= 0.6 is 0 Å². The first-order chi connectivity index (χ1) is 7.53. The van der Waals surface area contributed by atoms with Gasteiger partial charge < -0.3 is 10.0 Å². The van der Waals surface area contributed by atoms with Crippen LogP contribution < -0.4 is 0 Å². The van der Waals surface area contributed by atoms with Crippen molar-refractivity contribution in [3.05, 3.63) is 60.2 Å². The van der Waals surface area contributed by atoms with Gasteiger partial charge >= 0.3 is 0 Å². The van der Waals surface area contributed by atoms with E-state index in [1.165, 1.54) is 11.0 Å². The lowest BCUT2D eigenvalue weighted by atomic mass is 9.95. The van der Waals surface area contributed by atoms with Crippen LogP contribution in [0.1, 0.15) is 15.9 Å². The van der Waals surface area contributed by atoms with Crippen molar-refractivity contribution in [1.29, 1.82) is 0 Å². The highest BCUT2D eigenvalue weighted by Gasteiger charge is 2.47. The smallest absolute Gasteiger partial charge is 0.256 e. The lowest BCUT2D eigenvalue weighted by Gasteiger charge is -2.31. The summed E-state index contributed by atoms with van der Waals surface area (Å²) in [6.45, 7) is 7.33. The van der Waals surface area contributed by atoms with Gasteiger partial charge in [0.2, 0.25) is 0 Å². The molecule has 0 aromatic heterocycles. The minimum absolute atomic E-state index is 0.207. The number of hydrogen-bond donors (Lipinski definition) is 1. The molecular weight excluding hydrogens is 202 g/mol. The van der Waals surface area contributed by atoms with E-state index in [4.69, 9.17) is 0 Å². The minimum Gasteiger partial charge on any atom is -0.363 e. The van der Waals surface area contributed by atoms with E-state index in [1.54, 1.807) is 31.3 Å². The van der Waals surface area contributed by atoms with Gasteiger partial charge in [0.25, 0.3) is 5.91 Å². The second-order valence-corrected chi connectivity index (χ2v) is 3.81. The molecule has 1 unspecified atom stereocenters. The lowest BCUT2D eigenvalue weighted by molar-refractivity contribution is -0.0371. The summed E-state index contributed by atoms with van der Waals surface area (Å²) in [7, 11) is 1.55. The number of carbonyl (C=O) groups is 1. The van der Waals surface area contributed by atoms with Gasteiger partial charge in [-0.15, -0.1) is 0 Å². The second kappa shape index (κ2) is 3.32. The van der Waals surface area contributed by atoms with Gasteiger partial charge in [-0.1, -0.05) is 37.4 Å². The predicted octanol–water partition coefficient (Wildman–Crippen LogP) is 1.66. The number of carbonyl (C=O) groups excluding carboxylic acids is 1. The molecule has 1 aliphatic rings. The van der Waals surface area contributed by atoms with E-state index in [2.05, 4.69) is 13.2 Å². The SMILES string of the molecule is C=CC(=C)C1(O)c2ccccc2C(=O)N1C. The van der Waals surface area contributed by atoms with Gasteiger partial charge in [0.15, 0.2) is 5.72 Å². The summed E-state index contributed by atoms with van der Waals surface area (Å²) in [6.07, 6.45) is 1.46. The molecule has 0 saturated carbocycles. The number of benzene rings is 1. The van der Waals surface area contributed by atoms with Crippen LogP contribution in [0.4, 0.5) is 0 Å². The Kier molecular flexibility index (Phi) is 2.21. The van der Waals surface area contributed by atoms with E-state index >= 15 is 0 Å². The molecule has 0 bridgehead atoms. The summed E-state index contributed by atoms with van der Waals surface area (Å²) < 4.78 is 0. The number of likely N-dealkylation sites (N-methyl/N-ethyl adjacent to an activating group) is 1. The van der Waals surface area contributed by atoms with Crippen LogP contribution in [-0.2, 0) is 5.72 Å². The van der Waals surface area contributed by atoms with Crippen molar-refractivity contribution in [3.8, 4) is 0 Å². The maximum absolute atomic E-state index is 11.9. The molecule has 0 fully saturated rings. The Hall–Kier alpha value is -1.87. The van der Waals surface area contributed by atoms with E-state index in [9.17, 15) is 9.90 Å². The van der Waals surface area contributed by atoms with Crippen LogP contribution in [0, 0.1) is 0 Å². The van der Waals surface area contributed by atoms with Gasteiger partial charge in [-0.25, -0.2) is 0 Å². The molecule has 1 atom stereocenters. The van der Waals surface area contributed by atoms with Crippen LogP contribution in [0.5, 0.6) is 0 Å². The number of amides is 1. The standard InChI is InChI=1S/C13H13NO2/c1-4-9(2)13(16)11-8-6-5-7-10(11)12(15)14(13)3/h4-8,16H,1-2H2,3H3. The molecule has 3 nitrogen and oxygen atoms in total. The van der Waals surface area contributed by atoms with Crippen molar-refractivity contribution in [2.45, 2.75) is 5.72 Å². The van der Waals surface area contributed by atoms with E-state index < -0.39 is 5.72 Å².